The fraction of sp³-hybridized carbons (Fsp3) is 0.462. The zero-order valence-corrected chi connectivity index (χ0v) is 22.0. The van der Waals surface area contributed by atoms with Gasteiger partial charge in [0, 0.05) is 18.8 Å². The van der Waals surface area contributed by atoms with Crippen molar-refractivity contribution < 1.29 is 33.2 Å². The summed E-state index contributed by atoms with van der Waals surface area (Å²) in [6.07, 6.45) is 3.02. The molecular formula is C26H33BN4O7. The van der Waals surface area contributed by atoms with Gasteiger partial charge in [-0.3, -0.25) is 24.2 Å². The van der Waals surface area contributed by atoms with Gasteiger partial charge in [-0.15, -0.1) is 0 Å². The minimum atomic E-state index is -1.13. The van der Waals surface area contributed by atoms with Crippen LogP contribution in [0.5, 0.6) is 0 Å². The molecule has 202 valence electrons. The van der Waals surface area contributed by atoms with Crippen LogP contribution in [0, 0.1) is 5.92 Å². The van der Waals surface area contributed by atoms with Gasteiger partial charge >= 0.3 is 19.1 Å². The van der Waals surface area contributed by atoms with E-state index in [4.69, 9.17) is 14.0 Å². The molecule has 1 aromatic heterocycles. The fourth-order valence-corrected chi connectivity index (χ4v) is 3.94. The molecule has 0 spiro atoms. The van der Waals surface area contributed by atoms with Crippen molar-refractivity contribution in [3.63, 3.8) is 0 Å². The van der Waals surface area contributed by atoms with E-state index in [9.17, 15) is 19.2 Å². The maximum atomic E-state index is 13.5. The van der Waals surface area contributed by atoms with Crippen molar-refractivity contribution in [3.05, 3.63) is 60.2 Å². The van der Waals surface area contributed by atoms with Crippen LogP contribution in [-0.4, -0.2) is 65.0 Å². The lowest BCUT2D eigenvalue weighted by molar-refractivity contribution is -0.152. The third-order valence-electron chi connectivity index (χ3n) is 5.59. The van der Waals surface area contributed by atoms with Crippen LogP contribution in [0.3, 0.4) is 0 Å². The highest BCUT2D eigenvalue weighted by Gasteiger charge is 2.47. The Morgan fingerprint density at radius 1 is 1.08 bits per heavy atom. The Kier molecular flexibility index (Phi) is 10.3. The van der Waals surface area contributed by atoms with Crippen LogP contribution < -0.4 is 10.6 Å². The van der Waals surface area contributed by atoms with E-state index in [-0.39, 0.29) is 30.6 Å². The smallest absolute Gasteiger partial charge is 0.506 e. The van der Waals surface area contributed by atoms with E-state index in [2.05, 4.69) is 20.6 Å². The predicted octanol–water partition coefficient (Wildman–Crippen LogP) is 1.66. The van der Waals surface area contributed by atoms with Gasteiger partial charge < -0.3 is 24.7 Å². The van der Waals surface area contributed by atoms with Crippen molar-refractivity contribution in [1.29, 1.82) is 0 Å². The number of ether oxygens (including phenoxy) is 1. The molecule has 0 unspecified atom stereocenters. The monoisotopic (exact) mass is 524 g/mol. The zero-order chi connectivity index (χ0) is 27.7. The number of rotatable bonds is 12. The minimum absolute atomic E-state index is 0.0706. The molecular weight excluding hydrogens is 491 g/mol. The molecule has 38 heavy (non-hydrogen) atoms. The molecule has 2 aromatic rings. The van der Waals surface area contributed by atoms with Crippen molar-refractivity contribution in [3.8, 4) is 0 Å². The molecule has 0 saturated carbocycles. The van der Waals surface area contributed by atoms with Gasteiger partial charge in [0.1, 0.15) is 11.7 Å². The summed E-state index contributed by atoms with van der Waals surface area (Å²) in [6, 6.07) is 8.27. The molecule has 12 heteroatoms. The van der Waals surface area contributed by atoms with Gasteiger partial charge in [-0.1, -0.05) is 44.2 Å². The average molecular weight is 524 g/mol. The second kappa shape index (κ2) is 13.7. The number of carbonyl (C=O) groups excluding carboxylic acids is 4. The third kappa shape index (κ3) is 8.65. The second-order valence-electron chi connectivity index (χ2n) is 9.72. The molecule has 2 amide bonds. The molecule has 0 bridgehead atoms. The highest BCUT2D eigenvalue weighted by atomic mass is 16.7. The Hall–Kier alpha value is -3.80. The number of nitrogens with zero attached hydrogens (tertiary/aromatic N) is 2. The Morgan fingerprint density at radius 3 is 2.45 bits per heavy atom. The lowest BCUT2D eigenvalue weighted by atomic mass is 9.74. The summed E-state index contributed by atoms with van der Waals surface area (Å²) >= 11 is 0. The molecule has 2 heterocycles. The van der Waals surface area contributed by atoms with Crippen molar-refractivity contribution in [2.45, 2.75) is 71.1 Å². The summed E-state index contributed by atoms with van der Waals surface area (Å²) < 4.78 is 16.2. The van der Waals surface area contributed by atoms with E-state index < -0.39 is 49.0 Å². The highest BCUT2D eigenvalue weighted by Crippen LogP contribution is 2.20. The summed E-state index contributed by atoms with van der Waals surface area (Å²) in [6.45, 7) is 7.31. The van der Waals surface area contributed by atoms with Crippen molar-refractivity contribution in [1.82, 2.24) is 20.6 Å². The van der Waals surface area contributed by atoms with Gasteiger partial charge in [-0.25, -0.2) is 4.98 Å². The first kappa shape index (κ1) is 28.8. The Balaban J connectivity index is 1.74. The molecule has 1 aliphatic rings. The molecule has 1 aromatic carbocycles. The highest BCUT2D eigenvalue weighted by molar-refractivity contribution is 6.51. The van der Waals surface area contributed by atoms with Gasteiger partial charge in [0.25, 0.3) is 5.91 Å². The zero-order valence-electron chi connectivity index (χ0n) is 22.0. The van der Waals surface area contributed by atoms with E-state index in [1.165, 1.54) is 18.6 Å². The molecule has 3 rings (SSSR count). The molecule has 2 N–H and O–H groups in total. The largest absolute Gasteiger partial charge is 0.552 e. The quantitative estimate of drug-likeness (QED) is 0.313. The van der Waals surface area contributed by atoms with Gasteiger partial charge in [-0.2, -0.15) is 0 Å². The summed E-state index contributed by atoms with van der Waals surface area (Å²) in [4.78, 5) is 58.7. The van der Waals surface area contributed by atoms with Gasteiger partial charge in [0.05, 0.1) is 24.7 Å². The molecule has 3 atom stereocenters. The Labute approximate surface area is 222 Å². The molecule has 11 nitrogen and oxygen atoms in total. The predicted molar refractivity (Wildman–Crippen MR) is 137 cm³/mol. The van der Waals surface area contributed by atoms with E-state index in [0.29, 0.717) is 6.42 Å². The Morgan fingerprint density at radius 2 is 1.82 bits per heavy atom. The molecule has 0 radical (unpaired) electrons. The summed E-state index contributed by atoms with van der Waals surface area (Å²) in [5.41, 5.74) is 0.904. The first-order chi connectivity index (χ1) is 18.1. The fourth-order valence-electron chi connectivity index (χ4n) is 3.94. The van der Waals surface area contributed by atoms with Crippen LogP contribution in [0.4, 0.5) is 0 Å². The average Bonchev–Trinajstić information content (AvgIpc) is 3.23. The number of benzene rings is 1. The van der Waals surface area contributed by atoms with Crippen LogP contribution in [0.15, 0.2) is 48.9 Å². The van der Waals surface area contributed by atoms with E-state index in [1.54, 1.807) is 13.8 Å². The molecule has 1 saturated heterocycles. The first-order valence-corrected chi connectivity index (χ1v) is 12.6. The molecule has 0 aliphatic carbocycles. The lowest BCUT2D eigenvalue weighted by Gasteiger charge is -2.25. The van der Waals surface area contributed by atoms with Crippen LogP contribution in [0.25, 0.3) is 0 Å². The maximum Gasteiger partial charge on any atom is 0.552 e. The number of carbonyl (C=O) groups is 4. The normalized spacial score (nSPS) is 16.6. The second-order valence-corrected chi connectivity index (χ2v) is 9.72. The van der Waals surface area contributed by atoms with Crippen LogP contribution in [-0.2, 0) is 34.9 Å². The molecule has 1 fully saturated rings. The van der Waals surface area contributed by atoms with E-state index >= 15 is 0 Å². The van der Waals surface area contributed by atoms with Crippen molar-refractivity contribution >= 4 is 30.9 Å². The number of nitrogens with one attached hydrogen (secondary N) is 2. The number of esters is 1. The van der Waals surface area contributed by atoms with Gasteiger partial charge in [0.15, 0.2) is 6.10 Å². The summed E-state index contributed by atoms with van der Waals surface area (Å²) in [5.74, 6) is -2.93. The Bertz CT molecular complexity index is 1100. The van der Waals surface area contributed by atoms with Crippen molar-refractivity contribution in [2.24, 2.45) is 5.92 Å². The van der Waals surface area contributed by atoms with Crippen LogP contribution in [0.1, 0.15) is 56.6 Å². The van der Waals surface area contributed by atoms with Gasteiger partial charge in [0.2, 0.25) is 5.91 Å². The number of hydrogen-bond acceptors (Lipinski definition) is 9. The summed E-state index contributed by atoms with van der Waals surface area (Å²) in [7, 11) is -1.10. The third-order valence-corrected chi connectivity index (χ3v) is 5.59. The summed E-state index contributed by atoms with van der Waals surface area (Å²) in [5, 5.41) is 5.62. The maximum absolute atomic E-state index is 13.5. The standard InChI is InChI=1S/C26H33BN4O7/c1-16(2)12-22(27-37-21(26(35)38-27)14-23(32)36-17(3)4)31-24(33)19(13-18-8-6-5-7-9-18)30-25(34)20-15-28-10-11-29-20/h5-11,15-17,19,21-22H,12-14H2,1-4H3,(H,30,34)(H,31,33)/t19-,21+,22-/m0/s1. The van der Waals surface area contributed by atoms with Crippen LogP contribution in [0.2, 0.25) is 0 Å². The van der Waals surface area contributed by atoms with E-state index in [0.717, 1.165) is 5.56 Å². The number of hydrogen-bond donors (Lipinski definition) is 2. The lowest BCUT2D eigenvalue weighted by Crippen LogP contribution is -2.55. The topological polar surface area (TPSA) is 146 Å². The minimum Gasteiger partial charge on any atom is -0.506 e. The number of aromatic nitrogens is 2. The first-order valence-electron chi connectivity index (χ1n) is 12.6. The number of amides is 2. The van der Waals surface area contributed by atoms with E-state index in [1.807, 2.05) is 44.2 Å². The van der Waals surface area contributed by atoms with Crippen LogP contribution >= 0.6 is 0 Å². The molecule has 1 aliphatic heterocycles. The van der Waals surface area contributed by atoms with Gasteiger partial charge in [-0.05, 0) is 31.7 Å². The SMILES string of the molecule is CC(C)C[C@H](NC(=O)[C@H](Cc1ccccc1)NC(=O)c1cnccn1)B1OC(=O)[C@@H](CC(=O)OC(C)C)O1. The van der Waals surface area contributed by atoms with Crippen molar-refractivity contribution in [2.75, 3.05) is 0 Å².